The van der Waals surface area contributed by atoms with Gasteiger partial charge in [0.2, 0.25) is 17.7 Å². The SMILES string of the molecule is COc1nc(NC2CCC(NC(C)=O)CC2)nn2ccc(-c3ccc4nnn(C(CF)CF)c4c3)c12. The number of hydrogen-bond acceptors (Lipinski definition) is 7. The number of hydrogen-bond donors (Lipinski definition) is 2. The van der Waals surface area contributed by atoms with Crippen molar-refractivity contribution in [2.75, 3.05) is 25.8 Å². The van der Waals surface area contributed by atoms with Crippen LogP contribution in [0.3, 0.4) is 0 Å². The normalized spacial score (nSPS) is 18.1. The molecule has 1 aliphatic rings. The fraction of sp³-hybridized carbons (Fsp3) is 0.458. The molecule has 1 aliphatic carbocycles. The molecule has 3 heterocycles. The number of nitrogens with one attached hydrogen (secondary N) is 2. The summed E-state index contributed by atoms with van der Waals surface area (Å²) >= 11 is 0. The van der Waals surface area contributed by atoms with Crippen molar-refractivity contribution in [1.82, 2.24) is 34.9 Å². The Morgan fingerprint density at radius 2 is 1.92 bits per heavy atom. The molecule has 2 N–H and O–H groups in total. The van der Waals surface area contributed by atoms with Gasteiger partial charge in [0, 0.05) is 30.8 Å². The van der Waals surface area contributed by atoms with Gasteiger partial charge in [-0.3, -0.25) is 4.79 Å². The van der Waals surface area contributed by atoms with E-state index < -0.39 is 19.4 Å². The summed E-state index contributed by atoms with van der Waals surface area (Å²) in [5.74, 6) is 0.852. The highest BCUT2D eigenvalue weighted by molar-refractivity contribution is 5.89. The number of methoxy groups -OCH3 is 1. The third kappa shape index (κ3) is 4.54. The molecule has 1 saturated carbocycles. The van der Waals surface area contributed by atoms with Crippen LogP contribution in [0.25, 0.3) is 27.7 Å². The standard InChI is InChI=1S/C24H28F2N8O2/c1-14(35)27-16-4-6-17(7-5-16)28-24-29-23(36-2)22-19(9-10-33(22)31-24)15-3-8-20-21(11-15)34(32-30-20)18(12-25)13-26/h3,8-11,16-18H,4-7,12-13H2,1-2H3,(H,27,35)(H,28,31). The predicted molar refractivity (Wildman–Crippen MR) is 131 cm³/mol. The summed E-state index contributed by atoms with van der Waals surface area (Å²) in [6.07, 6.45) is 5.39. The van der Waals surface area contributed by atoms with Gasteiger partial charge in [-0.15, -0.1) is 10.2 Å². The van der Waals surface area contributed by atoms with Gasteiger partial charge in [0.1, 0.15) is 30.4 Å². The van der Waals surface area contributed by atoms with E-state index >= 15 is 0 Å². The van der Waals surface area contributed by atoms with Crippen LogP contribution < -0.4 is 15.4 Å². The minimum absolute atomic E-state index is 0.00199. The third-order valence-electron chi connectivity index (χ3n) is 6.62. The smallest absolute Gasteiger partial charge is 0.244 e. The second-order valence-corrected chi connectivity index (χ2v) is 9.06. The third-order valence-corrected chi connectivity index (χ3v) is 6.62. The minimum atomic E-state index is -1.02. The van der Waals surface area contributed by atoms with Crippen molar-refractivity contribution < 1.29 is 18.3 Å². The van der Waals surface area contributed by atoms with Crippen molar-refractivity contribution in [2.24, 2.45) is 0 Å². The maximum Gasteiger partial charge on any atom is 0.244 e. The van der Waals surface area contributed by atoms with Crippen LogP contribution in [-0.4, -0.2) is 68.0 Å². The molecule has 12 heteroatoms. The number of carbonyl (C=O) groups is 1. The first-order valence-corrected chi connectivity index (χ1v) is 11.9. The van der Waals surface area contributed by atoms with Crippen LogP contribution in [0.1, 0.15) is 38.6 Å². The van der Waals surface area contributed by atoms with Gasteiger partial charge in [0.15, 0.2) is 0 Å². The van der Waals surface area contributed by atoms with Gasteiger partial charge < -0.3 is 15.4 Å². The van der Waals surface area contributed by atoms with Crippen molar-refractivity contribution in [3.63, 3.8) is 0 Å². The molecule has 0 saturated heterocycles. The van der Waals surface area contributed by atoms with Crippen LogP contribution >= 0.6 is 0 Å². The van der Waals surface area contributed by atoms with Crippen LogP contribution in [0.5, 0.6) is 5.88 Å². The number of rotatable bonds is 8. The Kier molecular flexibility index (Phi) is 6.66. The van der Waals surface area contributed by atoms with Gasteiger partial charge in [-0.2, -0.15) is 4.98 Å². The van der Waals surface area contributed by atoms with Crippen LogP contribution in [0.2, 0.25) is 0 Å². The quantitative estimate of drug-likeness (QED) is 0.383. The summed E-state index contributed by atoms with van der Waals surface area (Å²) < 4.78 is 35.2. The van der Waals surface area contributed by atoms with Gasteiger partial charge in [-0.05, 0) is 49.4 Å². The lowest BCUT2D eigenvalue weighted by atomic mass is 9.91. The van der Waals surface area contributed by atoms with Gasteiger partial charge in [-0.1, -0.05) is 11.3 Å². The van der Waals surface area contributed by atoms with Crippen molar-refractivity contribution >= 4 is 28.4 Å². The number of carbonyl (C=O) groups excluding carboxylic acids is 1. The second-order valence-electron chi connectivity index (χ2n) is 9.06. The number of benzene rings is 1. The van der Waals surface area contributed by atoms with E-state index in [1.54, 1.807) is 24.6 Å². The molecule has 3 aromatic heterocycles. The lowest BCUT2D eigenvalue weighted by Gasteiger charge is -2.29. The first-order valence-electron chi connectivity index (χ1n) is 11.9. The highest BCUT2D eigenvalue weighted by Crippen LogP contribution is 2.33. The molecule has 1 fully saturated rings. The number of halogens is 2. The number of fused-ring (bicyclic) bond motifs is 2. The maximum absolute atomic E-state index is 13.3. The second kappa shape index (κ2) is 10.0. The molecule has 0 atom stereocenters. The number of amides is 1. The molecule has 4 aromatic rings. The Balaban J connectivity index is 1.43. The summed E-state index contributed by atoms with van der Waals surface area (Å²) in [5.41, 5.74) is 3.37. The highest BCUT2D eigenvalue weighted by Gasteiger charge is 2.24. The maximum atomic E-state index is 13.3. The van der Waals surface area contributed by atoms with E-state index in [0.29, 0.717) is 28.4 Å². The molecule has 0 aliphatic heterocycles. The molecule has 0 spiro atoms. The monoisotopic (exact) mass is 498 g/mol. The summed E-state index contributed by atoms with van der Waals surface area (Å²) in [6, 6.07) is 6.73. The average molecular weight is 499 g/mol. The summed E-state index contributed by atoms with van der Waals surface area (Å²) in [6.45, 7) is -0.208. The summed E-state index contributed by atoms with van der Waals surface area (Å²) in [4.78, 5) is 15.9. The Labute approximate surface area is 206 Å². The van der Waals surface area contributed by atoms with E-state index in [-0.39, 0.29) is 18.0 Å². The van der Waals surface area contributed by atoms with Gasteiger partial charge in [0.25, 0.3) is 0 Å². The number of alkyl halides is 2. The summed E-state index contributed by atoms with van der Waals surface area (Å²) in [5, 5.41) is 19.0. The first-order chi connectivity index (χ1) is 17.5. The number of nitrogens with zero attached hydrogens (tertiary/aromatic N) is 6. The molecule has 190 valence electrons. The molecule has 10 nitrogen and oxygen atoms in total. The predicted octanol–water partition coefficient (Wildman–Crippen LogP) is 3.49. The largest absolute Gasteiger partial charge is 0.479 e. The zero-order valence-corrected chi connectivity index (χ0v) is 20.1. The molecule has 0 bridgehead atoms. The molecule has 1 amide bonds. The molecular formula is C24H28F2N8O2. The van der Waals surface area contributed by atoms with E-state index in [1.165, 1.54) is 4.68 Å². The average Bonchev–Trinajstić information content (AvgIpc) is 3.49. The van der Waals surface area contributed by atoms with E-state index in [9.17, 15) is 13.6 Å². The van der Waals surface area contributed by atoms with E-state index in [2.05, 4.69) is 31.0 Å². The van der Waals surface area contributed by atoms with Crippen LogP contribution in [-0.2, 0) is 4.79 Å². The van der Waals surface area contributed by atoms with Crippen molar-refractivity contribution in [2.45, 2.75) is 50.7 Å². The van der Waals surface area contributed by atoms with Crippen molar-refractivity contribution in [3.05, 3.63) is 30.5 Å². The Bertz CT molecular complexity index is 1380. The Morgan fingerprint density at radius 3 is 2.61 bits per heavy atom. The molecule has 0 unspecified atom stereocenters. The zero-order chi connectivity index (χ0) is 25.2. The van der Waals surface area contributed by atoms with Crippen LogP contribution in [0, 0.1) is 0 Å². The lowest BCUT2D eigenvalue weighted by molar-refractivity contribution is -0.119. The van der Waals surface area contributed by atoms with Crippen molar-refractivity contribution in [1.29, 1.82) is 0 Å². The molecule has 36 heavy (non-hydrogen) atoms. The molecular weight excluding hydrogens is 470 g/mol. The number of anilines is 1. The minimum Gasteiger partial charge on any atom is -0.479 e. The Hall–Kier alpha value is -3.83. The number of aromatic nitrogens is 6. The van der Waals surface area contributed by atoms with Crippen molar-refractivity contribution in [3.8, 4) is 17.0 Å². The fourth-order valence-corrected chi connectivity index (χ4v) is 4.83. The van der Waals surface area contributed by atoms with Gasteiger partial charge in [0.05, 0.1) is 12.6 Å². The van der Waals surface area contributed by atoms with E-state index in [1.807, 2.05) is 24.4 Å². The van der Waals surface area contributed by atoms with Gasteiger partial charge >= 0.3 is 0 Å². The zero-order valence-electron chi connectivity index (χ0n) is 20.1. The van der Waals surface area contributed by atoms with Crippen LogP contribution in [0.15, 0.2) is 30.5 Å². The lowest BCUT2D eigenvalue weighted by Crippen LogP contribution is -2.39. The fourth-order valence-electron chi connectivity index (χ4n) is 4.83. The van der Waals surface area contributed by atoms with Crippen LogP contribution in [0.4, 0.5) is 14.7 Å². The topological polar surface area (TPSA) is 111 Å². The molecule has 0 radical (unpaired) electrons. The number of ether oxygens (including phenoxy) is 1. The van der Waals surface area contributed by atoms with E-state index in [0.717, 1.165) is 36.8 Å². The Morgan fingerprint density at radius 1 is 1.17 bits per heavy atom. The molecule has 1 aromatic carbocycles. The van der Waals surface area contributed by atoms with E-state index in [4.69, 9.17) is 4.74 Å². The summed E-state index contributed by atoms with van der Waals surface area (Å²) in [7, 11) is 1.55. The highest BCUT2D eigenvalue weighted by atomic mass is 19.1. The molecule has 5 rings (SSSR count). The van der Waals surface area contributed by atoms with Gasteiger partial charge in [-0.25, -0.2) is 18.0 Å². The first kappa shape index (κ1) is 23.9.